The Balaban J connectivity index is 2.12. The zero-order chi connectivity index (χ0) is 11.1. The summed E-state index contributed by atoms with van der Waals surface area (Å²) in [4.78, 5) is 0. The third-order valence-electron chi connectivity index (χ3n) is 3.73. The van der Waals surface area contributed by atoms with Crippen LogP contribution < -0.4 is 5.32 Å². The van der Waals surface area contributed by atoms with Gasteiger partial charge in [-0.3, -0.25) is 0 Å². The molecule has 2 fully saturated rings. The molecule has 0 saturated carbocycles. The summed E-state index contributed by atoms with van der Waals surface area (Å²) in [6, 6.07) is 0.455. The summed E-state index contributed by atoms with van der Waals surface area (Å²) in [5.74, 6) is 1.24. The van der Waals surface area contributed by atoms with E-state index >= 15 is 0 Å². The molecule has 15 heavy (non-hydrogen) atoms. The third-order valence-corrected chi connectivity index (χ3v) is 5.54. The monoisotopic (exact) mass is 232 g/mol. The Bertz CT molecular complexity index is 328. The highest BCUT2D eigenvalue weighted by molar-refractivity contribution is 7.89. The quantitative estimate of drug-likeness (QED) is 0.743. The zero-order valence-corrected chi connectivity index (χ0v) is 10.3. The molecule has 2 saturated heterocycles. The van der Waals surface area contributed by atoms with Gasteiger partial charge in [-0.15, -0.1) is 0 Å². The lowest BCUT2D eigenvalue weighted by Gasteiger charge is -2.44. The lowest BCUT2D eigenvalue weighted by Crippen LogP contribution is -2.56. The molecule has 0 aromatic heterocycles. The second kappa shape index (κ2) is 4.03. The molecule has 2 rings (SSSR count). The van der Waals surface area contributed by atoms with Gasteiger partial charge < -0.3 is 5.32 Å². The van der Waals surface area contributed by atoms with Gasteiger partial charge in [0.1, 0.15) is 0 Å². The van der Waals surface area contributed by atoms with Crippen LogP contribution in [0.2, 0.25) is 0 Å². The summed E-state index contributed by atoms with van der Waals surface area (Å²) < 4.78 is 25.3. The number of rotatable bonds is 2. The number of sulfonamides is 1. The van der Waals surface area contributed by atoms with Gasteiger partial charge in [-0.25, -0.2) is 12.7 Å². The molecular weight excluding hydrogens is 212 g/mol. The van der Waals surface area contributed by atoms with Crippen LogP contribution in [0.3, 0.4) is 0 Å². The summed E-state index contributed by atoms with van der Waals surface area (Å²) in [6.45, 7) is 6.27. The molecule has 0 radical (unpaired) electrons. The smallest absolute Gasteiger partial charge is 0.213 e. The van der Waals surface area contributed by atoms with Crippen molar-refractivity contribution in [2.45, 2.75) is 26.3 Å². The third kappa shape index (κ3) is 2.19. The SMILES string of the molecule is CCS(=O)(=O)N1C[C@@H]2CN[C@@H](C)[C@@H](C2)C1. The molecule has 88 valence electrons. The lowest BCUT2D eigenvalue weighted by molar-refractivity contribution is 0.125. The lowest BCUT2D eigenvalue weighted by atomic mass is 9.82. The first-order valence-corrected chi connectivity index (χ1v) is 7.35. The molecule has 4 nitrogen and oxygen atoms in total. The Hall–Kier alpha value is -0.130. The molecule has 1 N–H and O–H groups in total. The highest BCUT2D eigenvalue weighted by Gasteiger charge is 2.38. The van der Waals surface area contributed by atoms with Crippen molar-refractivity contribution in [2.24, 2.45) is 11.8 Å². The molecule has 0 aromatic carbocycles. The van der Waals surface area contributed by atoms with Crippen LogP contribution in [0.25, 0.3) is 0 Å². The van der Waals surface area contributed by atoms with Gasteiger partial charge in [0.05, 0.1) is 5.75 Å². The first-order chi connectivity index (χ1) is 7.03. The van der Waals surface area contributed by atoms with Gasteiger partial charge in [0.15, 0.2) is 0 Å². The number of nitrogens with one attached hydrogen (secondary N) is 1. The summed E-state index contributed by atoms with van der Waals surface area (Å²) >= 11 is 0. The molecule has 2 bridgehead atoms. The molecule has 0 spiro atoms. The van der Waals surface area contributed by atoms with Gasteiger partial charge in [0.25, 0.3) is 0 Å². The van der Waals surface area contributed by atoms with Gasteiger partial charge in [0, 0.05) is 19.1 Å². The summed E-state index contributed by atoms with van der Waals surface area (Å²) in [7, 11) is -2.98. The number of nitrogens with zero attached hydrogens (tertiary/aromatic N) is 1. The van der Waals surface area contributed by atoms with E-state index < -0.39 is 10.0 Å². The summed E-state index contributed by atoms with van der Waals surface area (Å²) in [5.41, 5.74) is 0. The maximum absolute atomic E-state index is 11.8. The Kier molecular flexibility index (Phi) is 3.05. The van der Waals surface area contributed by atoms with Crippen LogP contribution in [0.5, 0.6) is 0 Å². The normalized spacial score (nSPS) is 37.9. The van der Waals surface area contributed by atoms with Crippen LogP contribution in [0.4, 0.5) is 0 Å². The molecule has 0 aromatic rings. The number of piperidine rings is 2. The molecule has 5 heteroatoms. The average Bonchev–Trinajstić information content (AvgIpc) is 2.24. The molecule has 2 aliphatic heterocycles. The van der Waals surface area contributed by atoms with Crippen molar-refractivity contribution in [1.82, 2.24) is 9.62 Å². The predicted molar refractivity (Wildman–Crippen MR) is 60.1 cm³/mol. The second-order valence-electron chi connectivity index (χ2n) is 4.78. The molecule has 0 amide bonds. The molecule has 0 unspecified atom stereocenters. The van der Waals surface area contributed by atoms with Crippen LogP contribution in [0.1, 0.15) is 20.3 Å². The van der Waals surface area contributed by atoms with Gasteiger partial charge in [0.2, 0.25) is 10.0 Å². The van der Waals surface area contributed by atoms with Crippen LogP contribution in [-0.4, -0.2) is 44.2 Å². The van der Waals surface area contributed by atoms with Crippen molar-refractivity contribution < 1.29 is 8.42 Å². The van der Waals surface area contributed by atoms with Crippen molar-refractivity contribution in [3.8, 4) is 0 Å². The van der Waals surface area contributed by atoms with E-state index in [1.807, 2.05) is 0 Å². The van der Waals surface area contributed by atoms with Crippen LogP contribution in [0.15, 0.2) is 0 Å². The average molecular weight is 232 g/mol. The molecular formula is C10H20N2O2S. The maximum Gasteiger partial charge on any atom is 0.213 e. The fourth-order valence-electron chi connectivity index (χ4n) is 2.64. The van der Waals surface area contributed by atoms with E-state index in [-0.39, 0.29) is 5.75 Å². The van der Waals surface area contributed by atoms with Crippen LogP contribution in [0, 0.1) is 11.8 Å². The van der Waals surface area contributed by atoms with E-state index in [0.29, 0.717) is 31.0 Å². The zero-order valence-electron chi connectivity index (χ0n) is 9.44. The highest BCUT2D eigenvalue weighted by atomic mass is 32.2. The van der Waals surface area contributed by atoms with Crippen LogP contribution in [-0.2, 0) is 10.0 Å². The fraction of sp³-hybridized carbons (Fsp3) is 1.00. The van der Waals surface area contributed by atoms with Gasteiger partial charge in [-0.2, -0.15) is 0 Å². The Morgan fingerprint density at radius 2 is 2.13 bits per heavy atom. The highest BCUT2D eigenvalue weighted by Crippen LogP contribution is 2.29. The Morgan fingerprint density at radius 1 is 1.40 bits per heavy atom. The van der Waals surface area contributed by atoms with E-state index in [1.54, 1.807) is 11.2 Å². The van der Waals surface area contributed by atoms with Crippen molar-refractivity contribution in [2.75, 3.05) is 25.4 Å². The van der Waals surface area contributed by atoms with E-state index in [9.17, 15) is 8.42 Å². The molecule has 2 aliphatic rings. The molecule has 2 heterocycles. The Morgan fingerprint density at radius 3 is 2.80 bits per heavy atom. The topological polar surface area (TPSA) is 49.4 Å². The summed E-state index contributed by atoms with van der Waals surface area (Å²) in [6.07, 6.45) is 1.18. The van der Waals surface area contributed by atoms with Gasteiger partial charge in [-0.05, 0) is 38.6 Å². The van der Waals surface area contributed by atoms with Crippen molar-refractivity contribution in [3.05, 3.63) is 0 Å². The van der Waals surface area contributed by atoms with E-state index in [0.717, 1.165) is 6.54 Å². The van der Waals surface area contributed by atoms with Crippen LogP contribution >= 0.6 is 0 Å². The van der Waals surface area contributed by atoms with E-state index in [2.05, 4.69) is 12.2 Å². The minimum absolute atomic E-state index is 0.230. The van der Waals surface area contributed by atoms with Gasteiger partial charge in [-0.1, -0.05) is 0 Å². The maximum atomic E-state index is 11.8. The first-order valence-electron chi connectivity index (χ1n) is 5.74. The fourth-order valence-corrected chi connectivity index (χ4v) is 3.86. The second-order valence-corrected chi connectivity index (χ2v) is 7.03. The molecule has 0 aliphatic carbocycles. The summed E-state index contributed by atoms with van der Waals surface area (Å²) in [5, 5.41) is 3.45. The number of hydrogen-bond acceptors (Lipinski definition) is 3. The molecule has 3 atom stereocenters. The van der Waals surface area contributed by atoms with Crippen molar-refractivity contribution in [1.29, 1.82) is 0 Å². The van der Waals surface area contributed by atoms with Crippen molar-refractivity contribution >= 4 is 10.0 Å². The van der Waals surface area contributed by atoms with E-state index in [4.69, 9.17) is 0 Å². The van der Waals surface area contributed by atoms with Crippen molar-refractivity contribution in [3.63, 3.8) is 0 Å². The first kappa shape index (κ1) is 11.4. The predicted octanol–water partition coefficient (Wildman–Crippen LogP) is 0.266. The number of fused-ring (bicyclic) bond motifs is 2. The largest absolute Gasteiger partial charge is 0.314 e. The minimum atomic E-state index is -2.98. The van der Waals surface area contributed by atoms with Gasteiger partial charge >= 0.3 is 0 Å². The number of hydrogen-bond donors (Lipinski definition) is 1. The Labute approximate surface area is 92.1 Å². The minimum Gasteiger partial charge on any atom is -0.314 e. The standard InChI is InChI=1S/C10H20N2O2S/c1-3-15(13,14)12-6-9-4-10(7-12)8(2)11-5-9/h8-11H,3-7H2,1-2H3/t8-,9-,10-/m0/s1. The van der Waals surface area contributed by atoms with E-state index in [1.165, 1.54) is 6.42 Å².